The van der Waals surface area contributed by atoms with E-state index < -0.39 is 24.0 Å². The number of morpholine rings is 1. The average Bonchev–Trinajstić information content (AvgIpc) is 3.67. The van der Waals surface area contributed by atoms with Gasteiger partial charge < -0.3 is 24.3 Å². The number of carbonyl (C=O) groups is 3. The minimum absolute atomic E-state index is 0.0296. The number of likely N-dealkylation sites (tertiary alicyclic amines) is 1. The van der Waals surface area contributed by atoms with Crippen LogP contribution in [-0.4, -0.2) is 83.0 Å². The molecule has 38 heavy (non-hydrogen) atoms. The molecule has 0 radical (unpaired) electrons. The summed E-state index contributed by atoms with van der Waals surface area (Å²) in [6, 6.07) is 6.33. The smallest absolute Gasteiger partial charge is 0.410 e. The molecule has 1 aromatic carbocycles. The minimum Gasteiger partial charge on any atom is -0.491 e. The first-order valence-electron chi connectivity index (χ1n) is 12.1. The van der Waals surface area contributed by atoms with Gasteiger partial charge in [0, 0.05) is 37.3 Å². The fourth-order valence-electron chi connectivity index (χ4n) is 4.90. The lowest BCUT2D eigenvalue weighted by Gasteiger charge is -2.24. The Morgan fingerprint density at radius 2 is 2.16 bits per heavy atom. The quantitative estimate of drug-likeness (QED) is 0.370. The zero-order valence-electron chi connectivity index (χ0n) is 20.5. The van der Waals surface area contributed by atoms with Crippen molar-refractivity contribution in [1.82, 2.24) is 19.4 Å². The molecule has 196 valence electrons. The number of carbonyl (C=O) groups excluding carboxylic acids is 3. The predicted octanol–water partition coefficient (Wildman–Crippen LogP) is 1.12. The third-order valence-electron chi connectivity index (χ3n) is 6.63. The molecule has 2 saturated heterocycles. The Morgan fingerprint density at radius 1 is 1.26 bits per heavy atom. The Labute approximate surface area is 216 Å². The number of aromatic nitrogens is 3. The molecule has 13 heteroatoms. The second-order valence-electron chi connectivity index (χ2n) is 8.92. The lowest BCUT2D eigenvalue weighted by molar-refractivity contribution is -0.150. The van der Waals surface area contributed by atoms with Crippen LogP contribution >= 0.6 is 0 Å². The Hall–Kier alpha value is -4.68. The summed E-state index contributed by atoms with van der Waals surface area (Å²) < 4.78 is 23.7. The number of nitrogens with one attached hydrogen (secondary N) is 1. The first-order valence-corrected chi connectivity index (χ1v) is 12.1. The van der Waals surface area contributed by atoms with E-state index in [0.717, 1.165) is 11.2 Å². The number of pyridine rings is 1. The highest BCUT2D eigenvalue weighted by Crippen LogP contribution is 2.37. The van der Waals surface area contributed by atoms with Crippen molar-refractivity contribution in [3.05, 3.63) is 47.8 Å². The molecule has 2 fully saturated rings. The average molecular weight is 521 g/mol. The van der Waals surface area contributed by atoms with Crippen LogP contribution in [0.2, 0.25) is 0 Å². The zero-order valence-corrected chi connectivity index (χ0v) is 20.5. The number of benzene rings is 1. The molecule has 2 atom stereocenters. The lowest BCUT2D eigenvalue weighted by Crippen LogP contribution is -2.44. The molecule has 0 spiro atoms. The van der Waals surface area contributed by atoms with E-state index in [2.05, 4.69) is 20.3 Å². The van der Waals surface area contributed by atoms with Crippen LogP contribution in [0.1, 0.15) is 16.8 Å². The van der Waals surface area contributed by atoms with E-state index in [4.69, 9.17) is 18.9 Å². The minimum atomic E-state index is -0.576. The van der Waals surface area contributed by atoms with Gasteiger partial charge >= 0.3 is 12.1 Å². The second kappa shape index (κ2) is 9.65. The van der Waals surface area contributed by atoms with Gasteiger partial charge in [0.2, 0.25) is 5.62 Å². The summed E-state index contributed by atoms with van der Waals surface area (Å²) in [4.78, 5) is 51.1. The van der Waals surface area contributed by atoms with Gasteiger partial charge in [-0.3, -0.25) is 19.2 Å². The molecular weight excluding hydrogens is 496 g/mol. The number of hydrogen-bond donors (Lipinski definition) is 1. The van der Waals surface area contributed by atoms with Crippen LogP contribution in [0.4, 0.5) is 10.6 Å². The van der Waals surface area contributed by atoms with Gasteiger partial charge in [-0.25, -0.2) is 14.6 Å². The van der Waals surface area contributed by atoms with Crippen LogP contribution in [0.15, 0.2) is 41.7 Å². The lowest BCUT2D eigenvalue weighted by atomic mass is 10.2. The van der Waals surface area contributed by atoms with E-state index in [1.165, 1.54) is 18.2 Å². The molecule has 3 aliphatic rings. The normalized spacial score (nSPS) is 19.8. The molecular formula is C25H24N6O7. The summed E-state index contributed by atoms with van der Waals surface area (Å²) in [7, 11) is 1.50. The van der Waals surface area contributed by atoms with Gasteiger partial charge in [0.25, 0.3) is 5.91 Å². The summed E-state index contributed by atoms with van der Waals surface area (Å²) in [6.07, 6.45) is 2.71. The number of rotatable bonds is 6. The molecule has 3 aliphatic heterocycles. The molecule has 2 amide bonds. The van der Waals surface area contributed by atoms with Crippen LogP contribution in [0.25, 0.3) is 10.9 Å². The van der Waals surface area contributed by atoms with Gasteiger partial charge in [-0.05, 0) is 24.3 Å². The second-order valence-corrected chi connectivity index (χ2v) is 8.92. The number of amides is 2. The van der Waals surface area contributed by atoms with Crippen molar-refractivity contribution in [3.63, 3.8) is 0 Å². The van der Waals surface area contributed by atoms with Crippen LogP contribution in [-0.2, 0) is 20.8 Å². The van der Waals surface area contributed by atoms with Gasteiger partial charge in [0.1, 0.15) is 36.7 Å². The Bertz CT molecular complexity index is 1510. The van der Waals surface area contributed by atoms with E-state index in [-0.39, 0.29) is 24.9 Å². The molecule has 6 rings (SSSR count). The Morgan fingerprint density at radius 3 is 2.92 bits per heavy atom. The molecule has 2 bridgehead atoms. The Balaban J connectivity index is 1.22. The van der Waals surface area contributed by atoms with Crippen molar-refractivity contribution in [2.24, 2.45) is 4.99 Å². The standard InChI is InChI=1S/C25H24N6O7/c1-35-20-18(36-9-10-37-25(34)31-13-15-11-17(31)23(33)38-15)5-4-16-19(20)28-24(30-8-7-27-21(16)30)29-22(32)14-3-2-6-26-12-14/h2-6,12,15,17,27H,7-11,13H2,1H3/t15-,17-/m1/s1. The highest BCUT2D eigenvalue weighted by Gasteiger charge is 2.49. The van der Waals surface area contributed by atoms with Crippen LogP contribution in [0, 0.1) is 0 Å². The molecule has 3 aromatic rings. The Kier molecular flexibility index (Phi) is 6.02. The van der Waals surface area contributed by atoms with E-state index in [0.29, 0.717) is 48.6 Å². The number of ether oxygens (including phenoxy) is 4. The van der Waals surface area contributed by atoms with Gasteiger partial charge in [0.05, 0.1) is 19.2 Å². The first kappa shape index (κ1) is 23.7. The molecule has 13 nitrogen and oxygen atoms in total. The summed E-state index contributed by atoms with van der Waals surface area (Å²) >= 11 is 0. The highest BCUT2D eigenvalue weighted by molar-refractivity contribution is 5.96. The monoisotopic (exact) mass is 520 g/mol. The molecule has 5 heterocycles. The first-order chi connectivity index (χ1) is 18.5. The van der Waals surface area contributed by atoms with E-state index in [9.17, 15) is 14.4 Å². The van der Waals surface area contributed by atoms with Crippen molar-refractivity contribution >= 4 is 34.7 Å². The number of nitrogens with zero attached hydrogens (tertiary/aromatic N) is 5. The van der Waals surface area contributed by atoms with Crippen molar-refractivity contribution in [3.8, 4) is 11.5 Å². The van der Waals surface area contributed by atoms with Crippen LogP contribution < -0.4 is 20.4 Å². The third-order valence-corrected chi connectivity index (χ3v) is 6.63. The third kappa shape index (κ3) is 4.15. The van der Waals surface area contributed by atoms with Gasteiger partial charge in [-0.1, -0.05) is 0 Å². The zero-order chi connectivity index (χ0) is 26.2. The molecule has 0 saturated carbocycles. The van der Waals surface area contributed by atoms with Crippen molar-refractivity contribution in [2.75, 3.05) is 38.7 Å². The van der Waals surface area contributed by atoms with Crippen LogP contribution in [0.3, 0.4) is 0 Å². The number of hydrogen-bond acceptors (Lipinski definition) is 10. The van der Waals surface area contributed by atoms with E-state index >= 15 is 0 Å². The van der Waals surface area contributed by atoms with E-state index in [1.807, 2.05) is 10.6 Å². The predicted molar refractivity (Wildman–Crippen MR) is 131 cm³/mol. The fraction of sp³-hybridized carbons (Fsp3) is 0.360. The van der Waals surface area contributed by atoms with Gasteiger partial charge in [-0.15, -0.1) is 0 Å². The maximum Gasteiger partial charge on any atom is 0.410 e. The molecule has 1 N–H and O–H groups in total. The SMILES string of the molecule is COc1c(OCCOC(=O)N2C[C@H]3C[C@@H]2C(=O)O3)ccc2c3n(c(=NC(=O)c4cccnc4)nc12)CCN3. The van der Waals surface area contributed by atoms with Crippen molar-refractivity contribution in [1.29, 1.82) is 0 Å². The number of fused-ring (bicyclic) bond motifs is 5. The highest BCUT2D eigenvalue weighted by atomic mass is 16.6. The topological polar surface area (TPSA) is 146 Å². The molecule has 0 aliphatic carbocycles. The van der Waals surface area contributed by atoms with Gasteiger partial charge in [-0.2, -0.15) is 4.99 Å². The number of anilines is 1. The van der Waals surface area contributed by atoms with E-state index in [1.54, 1.807) is 24.4 Å². The maximum atomic E-state index is 12.7. The molecule has 2 aromatic heterocycles. The van der Waals surface area contributed by atoms with Crippen molar-refractivity contribution in [2.45, 2.75) is 25.1 Å². The van der Waals surface area contributed by atoms with Crippen LogP contribution in [0.5, 0.6) is 11.5 Å². The van der Waals surface area contributed by atoms with Gasteiger partial charge in [0.15, 0.2) is 11.5 Å². The summed E-state index contributed by atoms with van der Waals surface area (Å²) in [5.74, 6) is 0.662. The number of methoxy groups -OCH3 is 1. The summed E-state index contributed by atoms with van der Waals surface area (Å²) in [6.45, 7) is 1.62. The van der Waals surface area contributed by atoms with Crippen molar-refractivity contribution < 1.29 is 33.3 Å². The summed E-state index contributed by atoms with van der Waals surface area (Å²) in [5, 5.41) is 4.10. The fourth-order valence-corrected chi connectivity index (χ4v) is 4.90. The summed E-state index contributed by atoms with van der Waals surface area (Å²) in [5.41, 5.74) is 1.05. The maximum absolute atomic E-state index is 12.7. The number of esters is 1. The largest absolute Gasteiger partial charge is 0.491 e. The molecule has 0 unspecified atom stereocenters.